The number of likely N-dealkylation sites (N-methyl/N-ethyl adjacent to an activating group) is 1. The largest absolute Gasteiger partial charge is 0.459 e. The first-order chi connectivity index (χ1) is 14.0. The highest BCUT2D eigenvalue weighted by Gasteiger charge is 2.32. The van der Waals surface area contributed by atoms with Gasteiger partial charge in [-0.2, -0.15) is 0 Å². The zero-order valence-corrected chi connectivity index (χ0v) is 17.2. The minimum Gasteiger partial charge on any atom is -0.459 e. The Morgan fingerprint density at radius 1 is 1.14 bits per heavy atom. The second-order valence-corrected chi connectivity index (χ2v) is 8.29. The monoisotopic (exact) mass is 409 g/mol. The lowest BCUT2D eigenvalue weighted by Crippen LogP contribution is -2.49. The number of rotatable bonds is 4. The van der Waals surface area contributed by atoms with Crippen molar-refractivity contribution in [3.63, 3.8) is 0 Å². The van der Waals surface area contributed by atoms with Crippen molar-refractivity contribution in [1.29, 1.82) is 0 Å². The number of carbonyl (C=O) groups excluding carboxylic acids is 2. The maximum absolute atomic E-state index is 13.4. The molecule has 1 aliphatic heterocycles. The van der Waals surface area contributed by atoms with Crippen LogP contribution in [0.15, 0.2) is 59.2 Å². The van der Waals surface area contributed by atoms with E-state index in [4.69, 9.17) is 4.42 Å². The summed E-state index contributed by atoms with van der Waals surface area (Å²) in [6, 6.07) is 15.3. The standard InChI is InChI=1S/C22H23N3O3S/c1-15-13-19(23-21(26)18-9-6-12-28-18)29-20(15)22(27)25-11-10-24(2)14-17(25)16-7-4-3-5-8-16/h3-9,12-13,17H,10-11,14H2,1-2H3,(H,23,26). The molecule has 3 aromatic rings. The van der Waals surface area contributed by atoms with Crippen LogP contribution in [-0.4, -0.2) is 48.3 Å². The van der Waals surface area contributed by atoms with E-state index < -0.39 is 0 Å². The zero-order chi connectivity index (χ0) is 20.4. The van der Waals surface area contributed by atoms with Crippen molar-refractivity contribution >= 4 is 28.2 Å². The van der Waals surface area contributed by atoms with Crippen LogP contribution in [0.3, 0.4) is 0 Å². The Labute approximate surface area is 173 Å². The van der Waals surface area contributed by atoms with Crippen LogP contribution in [0.1, 0.15) is 37.4 Å². The Hall–Kier alpha value is -2.90. The molecule has 4 rings (SSSR count). The number of benzene rings is 1. The molecule has 2 amide bonds. The third kappa shape index (κ3) is 4.11. The molecule has 0 saturated carbocycles. The van der Waals surface area contributed by atoms with Crippen molar-refractivity contribution in [1.82, 2.24) is 9.80 Å². The van der Waals surface area contributed by atoms with Crippen molar-refractivity contribution in [3.05, 3.63) is 76.6 Å². The van der Waals surface area contributed by atoms with Crippen LogP contribution in [0.5, 0.6) is 0 Å². The van der Waals surface area contributed by atoms with Gasteiger partial charge in [-0.1, -0.05) is 30.3 Å². The van der Waals surface area contributed by atoms with Crippen LogP contribution in [0.25, 0.3) is 0 Å². The fourth-order valence-electron chi connectivity index (χ4n) is 3.59. The van der Waals surface area contributed by atoms with Crippen LogP contribution in [0.2, 0.25) is 0 Å². The minimum absolute atomic E-state index is 0.00473. The van der Waals surface area contributed by atoms with Gasteiger partial charge >= 0.3 is 0 Å². The first kappa shape index (κ1) is 19.4. The molecule has 29 heavy (non-hydrogen) atoms. The molecule has 0 spiro atoms. The van der Waals surface area contributed by atoms with E-state index in [-0.39, 0.29) is 23.6 Å². The maximum atomic E-state index is 13.4. The molecule has 2 aromatic heterocycles. The van der Waals surface area contributed by atoms with Crippen LogP contribution >= 0.6 is 11.3 Å². The van der Waals surface area contributed by atoms with Crippen molar-refractivity contribution < 1.29 is 14.0 Å². The molecular formula is C22H23N3O3S. The first-order valence-electron chi connectivity index (χ1n) is 9.52. The molecule has 1 N–H and O–H groups in total. The van der Waals surface area contributed by atoms with Gasteiger partial charge in [0.25, 0.3) is 11.8 Å². The summed E-state index contributed by atoms with van der Waals surface area (Å²) in [5.41, 5.74) is 1.99. The van der Waals surface area contributed by atoms with Gasteiger partial charge in [0.15, 0.2) is 5.76 Å². The van der Waals surface area contributed by atoms with E-state index in [1.807, 2.05) is 36.1 Å². The number of amides is 2. The summed E-state index contributed by atoms with van der Waals surface area (Å²) in [5.74, 6) is -0.0721. The highest BCUT2D eigenvalue weighted by molar-refractivity contribution is 7.18. The molecule has 1 saturated heterocycles. The summed E-state index contributed by atoms with van der Waals surface area (Å²) in [5, 5.41) is 3.46. The average Bonchev–Trinajstić information content (AvgIpc) is 3.38. The number of anilines is 1. The second-order valence-electron chi connectivity index (χ2n) is 7.24. The SMILES string of the molecule is Cc1cc(NC(=O)c2ccco2)sc1C(=O)N1CCN(C)CC1c1ccccc1. The van der Waals surface area contributed by atoms with Crippen LogP contribution in [-0.2, 0) is 0 Å². The van der Waals surface area contributed by atoms with Crippen molar-refractivity contribution in [2.45, 2.75) is 13.0 Å². The Morgan fingerprint density at radius 3 is 2.66 bits per heavy atom. The lowest BCUT2D eigenvalue weighted by atomic mass is 10.0. The average molecular weight is 410 g/mol. The lowest BCUT2D eigenvalue weighted by Gasteiger charge is -2.40. The third-order valence-corrected chi connectivity index (χ3v) is 6.26. The fourth-order valence-corrected chi connectivity index (χ4v) is 4.61. The Balaban J connectivity index is 1.56. The number of carbonyl (C=O) groups is 2. The van der Waals surface area contributed by atoms with Gasteiger partial charge in [0.1, 0.15) is 0 Å². The molecule has 6 nitrogen and oxygen atoms in total. The molecule has 1 aliphatic rings. The Bertz CT molecular complexity index is 998. The third-order valence-electron chi connectivity index (χ3n) is 5.12. The molecule has 3 heterocycles. The Morgan fingerprint density at radius 2 is 1.93 bits per heavy atom. The van der Waals surface area contributed by atoms with Gasteiger partial charge in [-0.25, -0.2) is 0 Å². The van der Waals surface area contributed by atoms with Crippen molar-refractivity contribution in [2.75, 3.05) is 32.0 Å². The van der Waals surface area contributed by atoms with E-state index in [9.17, 15) is 9.59 Å². The number of piperazine rings is 1. The normalized spacial score (nSPS) is 17.3. The number of thiophene rings is 1. The van der Waals surface area contributed by atoms with E-state index in [1.54, 1.807) is 12.1 Å². The molecular weight excluding hydrogens is 386 g/mol. The fraction of sp³-hybridized carbons (Fsp3) is 0.273. The summed E-state index contributed by atoms with van der Waals surface area (Å²) < 4.78 is 5.13. The lowest BCUT2D eigenvalue weighted by molar-refractivity contribution is 0.0502. The van der Waals surface area contributed by atoms with Gasteiger partial charge in [0, 0.05) is 19.6 Å². The smallest absolute Gasteiger partial charge is 0.291 e. The molecule has 150 valence electrons. The molecule has 0 aliphatic carbocycles. The predicted molar refractivity (Wildman–Crippen MR) is 113 cm³/mol. The molecule has 7 heteroatoms. The summed E-state index contributed by atoms with van der Waals surface area (Å²) >= 11 is 1.31. The predicted octanol–water partition coefficient (Wildman–Crippen LogP) is 4.03. The quantitative estimate of drug-likeness (QED) is 0.707. The molecule has 1 fully saturated rings. The number of nitrogens with zero attached hydrogens (tertiary/aromatic N) is 2. The topological polar surface area (TPSA) is 65.8 Å². The van der Waals surface area contributed by atoms with E-state index in [0.717, 1.165) is 24.2 Å². The van der Waals surface area contributed by atoms with Crippen molar-refractivity contribution in [3.8, 4) is 0 Å². The molecule has 1 aromatic carbocycles. The Kier molecular flexibility index (Phi) is 5.51. The molecule has 1 atom stereocenters. The number of hydrogen-bond donors (Lipinski definition) is 1. The first-order valence-corrected chi connectivity index (χ1v) is 10.3. The van der Waals surface area contributed by atoms with Gasteiger partial charge in [0.05, 0.1) is 22.2 Å². The number of aryl methyl sites for hydroxylation is 1. The van der Waals surface area contributed by atoms with E-state index in [0.29, 0.717) is 16.4 Å². The number of hydrogen-bond acceptors (Lipinski definition) is 5. The summed E-state index contributed by atoms with van der Waals surface area (Å²) in [6.45, 7) is 4.20. The number of furan rings is 1. The van der Waals surface area contributed by atoms with Gasteiger partial charge in [0.2, 0.25) is 0 Å². The molecule has 0 bridgehead atoms. The highest BCUT2D eigenvalue weighted by Crippen LogP contribution is 2.32. The molecule has 0 radical (unpaired) electrons. The summed E-state index contributed by atoms with van der Waals surface area (Å²) in [6.07, 6.45) is 1.46. The van der Waals surface area contributed by atoms with Gasteiger partial charge in [-0.05, 0) is 43.3 Å². The van der Waals surface area contributed by atoms with E-state index >= 15 is 0 Å². The second kappa shape index (κ2) is 8.23. The van der Waals surface area contributed by atoms with Crippen molar-refractivity contribution in [2.24, 2.45) is 0 Å². The van der Waals surface area contributed by atoms with Gasteiger partial charge < -0.3 is 19.5 Å². The number of nitrogens with one attached hydrogen (secondary N) is 1. The minimum atomic E-state index is -0.322. The van der Waals surface area contributed by atoms with Crippen LogP contribution < -0.4 is 5.32 Å². The van der Waals surface area contributed by atoms with Crippen LogP contribution in [0, 0.1) is 6.92 Å². The van der Waals surface area contributed by atoms with Gasteiger partial charge in [-0.15, -0.1) is 11.3 Å². The van der Waals surface area contributed by atoms with Crippen LogP contribution in [0.4, 0.5) is 5.00 Å². The van der Waals surface area contributed by atoms with E-state index in [1.165, 1.54) is 17.6 Å². The zero-order valence-electron chi connectivity index (χ0n) is 16.4. The summed E-state index contributed by atoms with van der Waals surface area (Å²) in [4.78, 5) is 30.5. The van der Waals surface area contributed by atoms with Gasteiger partial charge in [-0.3, -0.25) is 9.59 Å². The maximum Gasteiger partial charge on any atom is 0.291 e. The summed E-state index contributed by atoms with van der Waals surface area (Å²) in [7, 11) is 2.08. The molecule has 1 unspecified atom stereocenters. The highest BCUT2D eigenvalue weighted by atomic mass is 32.1. The van der Waals surface area contributed by atoms with E-state index in [2.05, 4.69) is 29.4 Å².